The fraction of sp³-hybridized carbons (Fsp3) is 0.923. The maximum atomic E-state index is 12.0. The molecular formula is C13H22N2O. The number of nitrogens with two attached hydrogens (primary N) is 1. The number of carbonyl (C=O) groups excluding carboxylic acids is 1. The van der Waals surface area contributed by atoms with Gasteiger partial charge in [0.2, 0.25) is 5.91 Å². The van der Waals surface area contributed by atoms with E-state index in [0.717, 1.165) is 19.4 Å². The lowest BCUT2D eigenvalue weighted by Crippen LogP contribution is -2.40. The Morgan fingerprint density at radius 1 is 1.19 bits per heavy atom. The molecule has 1 heterocycles. The minimum atomic E-state index is 0.0269. The van der Waals surface area contributed by atoms with Gasteiger partial charge in [-0.1, -0.05) is 19.3 Å². The molecule has 0 radical (unpaired) electrons. The van der Waals surface area contributed by atoms with Crippen molar-refractivity contribution in [1.82, 2.24) is 4.90 Å². The van der Waals surface area contributed by atoms with E-state index in [1.54, 1.807) is 0 Å². The molecule has 3 heteroatoms. The van der Waals surface area contributed by atoms with E-state index in [4.69, 9.17) is 5.73 Å². The van der Waals surface area contributed by atoms with Crippen molar-refractivity contribution in [1.29, 1.82) is 0 Å². The Morgan fingerprint density at radius 3 is 2.50 bits per heavy atom. The Morgan fingerprint density at radius 2 is 1.88 bits per heavy atom. The zero-order valence-electron chi connectivity index (χ0n) is 9.95. The van der Waals surface area contributed by atoms with E-state index in [0.29, 0.717) is 24.3 Å². The molecule has 1 amide bonds. The van der Waals surface area contributed by atoms with Crippen LogP contribution in [0.15, 0.2) is 0 Å². The van der Waals surface area contributed by atoms with Crippen molar-refractivity contribution in [3.8, 4) is 0 Å². The summed E-state index contributed by atoms with van der Waals surface area (Å²) in [5.41, 5.74) is 6.25. The molecule has 3 nitrogen and oxygen atoms in total. The van der Waals surface area contributed by atoms with Gasteiger partial charge in [-0.3, -0.25) is 4.79 Å². The van der Waals surface area contributed by atoms with Crippen LogP contribution in [0.4, 0.5) is 0 Å². The molecule has 2 N–H and O–H groups in total. The minimum absolute atomic E-state index is 0.0269. The smallest absolute Gasteiger partial charge is 0.223 e. The van der Waals surface area contributed by atoms with Crippen LogP contribution < -0.4 is 5.73 Å². The van der Waals surface area contributed by atoms with Crippen LogP contribution in [-0.2, 0) is 4.79 Å². The molecule has 16 heavy (non-hydrogen) atoms. The van der Waals surface area contributed by atoms with Crippen molar-refractivity contribution < 1.29 is 4.79 Å². The van der Waals surface area contributed by atoms with Crippen LogP contribution in [0.5, 0.6) is 0 Å². The van der Waals surface area contributed by atoms with Gasteiger partial charge in [0.25, 0.3) is 0 Å². The van der Waals surface area contributed by atoms with Crippen LogP contribution in [0.1, 0.15) is 51.4 Å². The molecule has 0 aromatic heterocycles. The highest BCUT2D eigenvalue weighted by molar-refractivity contribution is 5.79. The first-order chi connectivity index (χ1) is 7.69. The van der Waals surface area contributed by atoms with E-state index in [1.807, 2.05) is 0 Å². The van der Waals surface area contributed by atoms with Gasteiger partial charge >= 0.3 is 0 Å². The van der Waals surface area contributed by atoms with Gasteiger partial charge in [-0.25, -0.2) is 0 Å². The van der Waals surface area contributed by atoms with Crippen LogP contribution in [0, 0.1) is 5.92 Å². The first kappa shape index (κ1) is 10.6. The molecule has 0 spiro atoms. The summed E-state index contributed by atoms with van der Waals surface area (Å²) in [6.07, 6.45) is 9.36. The van der Waals surface area contributed by atoms with Gasteiger partial charge in [0.15, 0.2) is 0 Å². The third-order valence-electron chi connectivity index (χ3n) is 4.81. The average Bonchev–Trinajstić information content (AvgIpc) is 2.92. The van der Waals surface area contributed by atoms with Crippen molar-refractivity contribution in [3.05, 3.63) is 0 Å². The summed E-state index contributed by atoms with van der Waals surface area (Å²) < 4.78 is 0. The van der Waals surface area contributed by atoms with E-state index in [2.05, 4.69) is 4.90 Å². The molecule has 0 aromatic rings. The summed E-state index contributed by atoms with van der Waals surface area (Å²) in [5.74, 6) is 0.815. The van der Waals surface area contributed by atoms with Gasteiger partial charge in [-0.2, -0.15) is 0 Å². The lowest BCUT2D eigenvalue weighted by atomic mass is 9.94. The number of nitrogens with zero attached hydrogens (tertiary/aromatic N) is 1. The molecule has 1 unspecified atom stereocenters. The zero-order valence-corrected chi connectivity index (χ0v) is 9.95. The van der Waals surface area contributed by atoms with Gasteiger partial charge in [0, 0.05) is 30.5 Å². The number of carbonyl (C=O) groups is 1. The Bertz CT molecular complexity index is 292. The average molecular weight is 222 g/mol. The number of hydrogen-bond donors (Lipinski definition) is 1. The number of likely N-dealkylation sites (tertiary alicyclic amines) is 1. The Kier molecular flexibility index (Phi) is 2.46. The molecule has 3 aliphatic rings. The van der Waals surface area contributed by atoms with Crippen LogP contribution in [0.3, 0.4) is 0 Å². The molecule has 1 atom stereocenters. The van der Waals surface area contributed by atoms with E-state index in [1.165, 1.54) is 32.1 Å². The van der Waals surface area contributed by atoms with Crippen molar-refractivity contribution in [2.24, 2.45) is 11.7 Å². The predicted molar refractivity (Wildman–Crippen MR) is 62.8 cm³/mol. The highest BCUT2D eigenvalue weighted by Gasteiger charge is 2.51. The van der Waals surface area contributed by atoms with Crippen LogP contribution in [0.2, 0.25) is 0 Å². The zero-order chi connectivity index (χ0) is 11.2. The topological polar surface area (TPSA) is 46.3 Å². The molecule has 2 saturated carbocycles. The first-order valence-electron chi connectivity index (χ1n) is 6.77. The Balaban J connectivity index is 1.65. The summed E-state index contributed by atoms with van der Waals surface area (Å²) in [6, 6.07) is 0.536. The van der Waals surface area contributed by atoms with E-state index in [9.17, 15) is 4.79 Å². The van der Waals surface area contributed by atoms with Gasteiger partial charge < -0.3 is 10.6 Å². The summed E-state index contributed by atoms with van der Waals surface area (Å²) in [7, 11) is 0. The van der Waals surface area contributed by atoms with Gasteiger partial charge in [0.1, 0.15) is 0 Å². The molecule has 3 rings (SSSR count). The summed E-state index contributed by atoms with van der Waals surface area (Å²) in [6.45, 7) is 0.944. The lowest BCUT2D eigenvalue weighted by Gasteiger charge is -2.31. The van der Waals surface area contributed by atoms with Crippen molar-refractivity contribution in [2.75, 3.05) is 6.54 Å². The Hall–Kier alpha value is -0.570. The second-order valence-corrected chi connectivity index (χ2v) is 5.97. The molecule has 90 valence electrons. The summed E-state index contributed by atoms with van der Waals surface area (Å²) >= 11 is 0. The number of amides is 1. The first-order valence-corrected chi connectivity index (χ1v) is 6.77. The summed E-state index contributed by atoms with van der Waals surface area (Å²) in [4.78, 5) is 14.2. The largest absolute Gasteiger partial charge is 0.339 e. The third-order valence-corrected chi connectivity index (χ3v) is 4.81. The van der Waals surface area contributed by atoms with Crippen molar-refractivity contribution >= 4 is 5.91 Å². The van der Waals surface area contributed by atoms with E-state index in [-0.39, 0.29) is 5.54 Å². The second kappa shape index (κ2) is 3.73. The molecule has 1 aliphatic heterocycles. The molecule has 0 bridgehead atoms. The van der Waals surface area contributed by atoms with E-state index >= 15 is 0 Å². The van der Waals surface area contributed by atoms with Crippen LogP contribution in [-0.4, -0.2) is 28.9 Å². The normalized spacial score (nSPS) is 34.4. The maximum Gasteiger partial charge on any atom is 0.223 e. The predicted octanol–water partition coefficient (Wildman–Crippen LogP) is 1.66. The van der Waals surface area contributed by atoms with Gasteiger partial charge in [-0.15, -0.1) is 0 Å². The third kappa shape index (κ3) is 1.75. The molecule has 1 saturated heterocycles. The minimum Gasteiger partial charge on any atom is -0.339 e. The van der Waals surface area contributed by atoms with Gasteiger partial charge in [-0.05, 0) is 25.7 Å². The fourth-order valence-corrected chi connectivity index (χ4v) is 3.41. The summed E-state index contributed by atoms with van der Waals surface area (Å²) in [5, 5.41) is 0. The fourth-order valence-electron chi connectivity index (χ4n) is 3.41. The number of rotatable bonds is 2. The second-order valence-electron chi connectivity index (χ2n) is 5.97. The van der Waals surface area contributed by atoms with Crippen molar-refractivity contribution in [3.63, 3.8) is 0 Å². The highest BCUT2D eigenvalue weighted by atomic mass is 16.2. The monoisotopic (exact) mass is 222 g/mol. The van der Waals surface area contributed by atoms with Crippen molar-refractivity contribution in [2.45, 2.75) is 62.9 Å². The quantitative estimate of drug-likeness (QED) is 0.772. The maximum absolute atomic E-state index is 12.0. The Labute approximate surface area is 97.4 Å². The number of hydrogen-bond acceptors (Lipinski definition) is 2. The molecule has 3 fully saturated rings. The lowest BCUT2D eigenvalue weighted by molar-refractivity contribution is -0.130. The highest BCUT2D eigenvalue weighted by Crippen LogP contribution is 2.45. The van der Waals surface area contributed by atoms with E-state index < -0.39 is 0 Å². The molecule has 0 aromatic carbocycles. The van der Waals surface area contributed by atoms with Crippen LogP contribution >= 0.6 is 0 Å². The molecule has 2 aliphatic carbocycles. The standard InChI is InChI=1S/C13H22N2O/c14-13(6-7-13)10-8-12(16)15(9-10)11-4-2-1-3-5-11/h10-11H,1-9,14H2. The van der Waals surface area contributed by atoms with Crippen LogP contribution in [0.25, 0.3) is 0 Å². The van der Waals surface area contributed by atoms with Gasteiger partial charge in [0.05, 0.1) is 0 Å². The SMILES string of the molecule is NC1(C2CC(=O)N(C3CCCCC3)C2)CC1. The molecular weight excluding hydrogens is 200 g/mol.